The predicted molar refractivity (Wildman–Crippen MR) is 137 cm³/mol. The summed E-state index contributed by atoms with van der Waals surface area (Å²) in [5.41, 5.74) is 6.34. The number of rotatable bonds is 6. The van der Waals surface area contributed by atoms with E-state index in [9.17, 15) is 9.59 Å². The SMILES string of the molecule is CC(C)c1nc2ccc(Br)cc2c(=O)n1N=Cc1cc(I)c(OCC(N)=O)c(I)c1. The largest absolute Gasteiger partial charge is 0.482 e. The van der Waals surface area contributed by atoms with Gasteiger partial charge in [0.15, 0.2) is 6.61 Å². The van der Waals surface area contributed by atoms with E-state index in [0.717, 1.165) is 17.2 Å². The van der Waals surface area contributed by atoms with Crippen LogP contribution in [0.2, 0.25) is 0 Å². The van der Waals surface area contributed by atoms with E-state index >= 15 is 0 Å². The van der Waals surface area contributed by atoms with E-state index in [2.05, 4.69) is 71.2 Å². The second kappa shape index (κ2) is 9.73. The van der Waals surface area contributed by atoms with Crippen LogP contribution in [-0.2, 0) is 4.79 Å². The summed E-state index contributed by atoms with van der Waals surface area (Å²) >= 11 is 7.65. The van der Waals surface area contributed by atoms with E-state index in [1.54, 1.807) is 12.3 Å². The Kier molecular flexibility index (Phi) is 7.50. The van der Waals surface area contributed by atoms with Gasteiger partial charge in [-0.2, -0.15) is 9.78 Å². The van der Waals surface area contributed by atoms with Crippen molar-refractivity contribution in [1.29, 1.82) is 0 Å². The maximum absolute atomic E-state index is 13.1. The second-order valence-electron chi connectivity index (χ2n) is 6.72. The van der Waals surface area contributed by atoms with Crippen LogP contribution in [0.3, 0.4) is 0 Å². The third-order valence-corrected chi connectivity index (χ3v) is 6.15. The first kappa shape index (κ1) is 23.1. The fourth-order valence-electron chi connectivity index (χ4n) is 2.71. The van der Waals surface area contributed by atoms with Crippen LogP contribution in [0, 0.1) is 7.14 Å². The third-order valence-electron chi connectivity index (χ3n) is 4.05. The third kappa shape index (κ3) is 5.19. The number of nitrogens with two attached hydrogens (primary N) is 1. The number of halogens is 3. The lowest BCUT2D eigenvalue weighted by Gasteiger charge is -2.12. The number of carbonyl (C=O) groups is 1. The van der Waals surface area contributed by atoms with Crippen molar-refractivity contribution in [2.45, 2.75) is 19.8 Å². The zero-order chi connectivity index (χ0) is 22.0. The molecule has 10 heteroatoms. The highest BCUT2D eigenvalue weighted by molar-refractivity contribution is 14.1. The molecule has 0 saturated heterocycles. The number of aromatic nitrogens is 2. The van der Waals surface area contributed by atoms with Crippen molar-refractivity contribution in [3.05, 3.63) is 63.7 Å². The average Bonchev–Trinajstić information content (AvgIpc) is 2.66. The standard InChI is InChI=1S/C20H17BrI2N4O3/c1-10(2)19-26-16-4-3-12(21)7-13(16)20(29)27(19)25-8-11-5-14(22)18(15(23)6-11)30-9-17(24)28/h3-8,10H,9H2,1-2H3,(H2,24,28). The second-order valence-corrected chi connectivity index (χ2v) is 9.96. The molecule has 1 heterocycles. The maximum Gasteiger partial charge on any atom is 0.282 e. The molecule has 1 aromatic heterocycles. The van der Waals surface area contributed by atoms with E-state index in [1.165, 1.54) is 4.68 Å². The van der Waals surface area contributed by atoms with Gasteiger partial charge in [0.2, 0.25) is 0 Å². The molecule has 0 atom stereocenters. The van der Waals surface area contributed by atoms with Gasteiger partial charge in [-0.25, -0.2) is 4.98 Å². The molecule has 0 aliphatic rings. The Morgan fingerprint density at radius 3 is 2.57 bits per heavy atom. The summed E-state index contributed by atoms with van der Waals surface area (Å²) in [6.45, 7) is 3.75. The molecule has 30 heavy (non-hydrogen) atoms. The van der Waals surface area contributed by atoms with Gasteiger partial charge in [-0.1, -0.05) is 29.8 Å². The highest BCUT2D eigenvalue weighted by Crippen LogP contribution is 2.28. The maximum atomic E-state index is 13.1. The highest BCUT2D eigenvalue weighted by atomic mass is 127. The number of hydrogen-bond donors (Lipinski definition) is 1. The molecule has 3 aromatic rings. The molecular weight excluding hydrogens is 678 g/mol. The lowest BCUT2D eigenvalue weighted by Crippen LogP contribution is -2.23. The van der Waals surface area contributed by atoms with E-state index < -0.39 is 5.91 Å². The summed E-state index contributed by atoms with van der Waals surface area (Å²) in [5, 5.41) is 4.93. The van der Waals surface area contributed by atoms with Crippen LogP contribution in [0.4, 0.5) is 0 Å². The Morgan fingerprint density at radius 1 is 1.30 bits per heavy atom. The minimum Gasteiger partial charge on any atom is -0.482 e. The van der Waals surface area contributed by atoms with Crippen molar-refractivity contribution in [3.63, 3.8) is 0 Å². The molecule has 0 fully saturated rings. The van der Waals surface area contributed by atoms with Crippen molar-refractivity contribution < 1.29 is 9.53 Å². The molecular formula is C20H17BrI2N4O3. The van der Waals surface area contributed by atoms with Gasteiger partial charge in [0.05, 0.1) is 24.3 Å². The van der Waals surface area contributed by atoms with Gasteiger partial charge in [0.25, 0.3) is 11.5 Å². The van der Waals surface area contributed by atoms with Crippen LogP contribution in [0.5, 0.6) is 5.75 Å². The Balaban J connectivity index is 2.05. The number of amides is 1. The zero-order valence-electron chi connectivity index (χ0n) is 16.0. The van der Waals surface area contributed by atoms with Crippen LogP contribution in [0.15, 0.2) is 44.7 Å². The summed E-state index contributed by atoms with van der Waals surface area (Å²) in [4.78, 5) is 28.7. The number of primary amides is 1. The highest BCUT2D eigenvalue weighted by Gasteiger charge is 2.14. The number of ether oxygens (including phenoxy) is 1. The smallest absolute Gasteiger partial charge is 0.282 e. The average molecular weight is 695 g/mol. The molecule has 0 saturated carbocycles. The van der Waals surface area contributed by atoms with Crippen molar-refractivity contribution in [3.8, 4) is 5.75 Å². The van der Waals surface area contributed by atoms with Gasteiger partial charge in [0, 0.05) is 10.4 Å². The zero-order valence-corrected chi connectivity index (χ0v) is 21.9. The minimum atomic E-state index is -0.539. The quantitative estimate of drug-likeness (QED) is 0.309. The molecule has 0 bridgehead atoms. The van der Waals surface area contributed by atoms with E-state index in [-0.39, 0.29) is 18.1 Å². The molecule has 0 unspecified atom stereocenters. The summed E-state index contributed by atoms with van der Waals surface area (Å²) in [6, 6.07) is 9.13. The van der Waals surface area contributed by atoms with E-state index in [1.807, 2.05) is 38.1 Å². The van der Waals surface area contributed by atoms with E-state index in [4.69, 9.17) is 10.5 Å². The van der Waals surface area contributed by atoms with Crippen molar-refractivity contribution in [1.82, 2.24) is 9.66 Å². The minimum absolute atomic E-state index is 0.00717. The van der Waals surface area contributed by atoms with Crippen LogP contribution in [-0.4, -0.2) is 28.4 Å². The van der Waals surface area contributed by atoms with Gasteiger partial charge in [-0.15, -0.1) is 0 Å². The number of fused-ring (bicyclic) bond motifs is 1. The summed E-state index contributed by atoms with van der Waals surface area (Å²) < 4.78 is 9.23. The Morgan fingerprint density at radius 2 is 1.97 bits per heavy atom. The molecule has 1 amide bonds. The number of carbonyl (C=O) groups excluding carboxylic acids is 1. The normalized spacial score (nSPS) is 11.5. The number of hydrogen-bond acceptors (Lipinski definition) is 5. The van der Waals surface area contributed by atoms with Gasteiger partial charge < -0.3 is 10.5 Å². The van der Waals surface area contributed by atoms with Gasteiger partial charge in [-0.05, 0) is 81.1 Å². The topological polar surface area (TPSA) is 99.6 Å². The first-order valence-electron chi connectivity index (χ1n) is 8.84. The summed E-state index contributed by atoms with van der Waals surface area (Å²) in [7, 11) is 0. The molecule has 3 rings (SSSR count). The lowest BCUT2D eigenvalue weighted by molar-refractivity contribution is -0.119. The number of nitrogens with zero attached hydrogens (tertiary/aromatic N) is 3. The summed E-state index contributed by atoms with van der Waals surface area (Å²) in [5.74, 6) is 0.636. The number of benzene rings is 2. The summed E-state index contributed by atoms with van der Waals surface area (Å²) in [6.07, 6.45) is 1.61. The predicted octanol–water partition coefficient (Wildman–Crippen LogP) is 4.24. The Bertz CT molecular complexity index is 1200. The molecule has 0 spiro atoms. The Hall–Kier alpha value is -1.54. The first-order chi connectivity index (χ1) is 14.2. The fourth-order valence-corrected chi connectivity index (χ4v) is 5.20. The van der Waals surface area contributed by atoms with Crippen LogP contribution in [0.25, 0.3) is 10.9 Å². The first-order valence-corrected chi connectivity index (χ1v) is 11.8. The van der Waals surface area contributed by atoms with Crippen molar-refractivity contribution >= 4 is 84.1 Å². The molecule has 7 nitrogen and oxygen atoms in total. The Labute approximate surface area is 208 Å². The fraction of sp³-hybridized carbons (Fsp3) is 0.200. The van der Waals surface area contributed by atoms with Crippen LogP contribution >= 0.6 is 61.1 Å². The van der Waals surface area contributed by atoms with Crippen molar-refractivity contribution in [2.24, 2.45) is 10.8 Å². The van der Waals surface area contributed by atoms with Gasteiger partial charge in [0.1, 0.15) is 11.6 Å². The van der Waals surface area contributed by atoms with Gasteiger partial charge in [-0.3, -0.25) is 9.59 Å². The molecule has 0 aliphatic carbocycles. The molecule has 156 valence electrons. The monoisotopic (exact) mass is 694 g/mol. The molecule has 2 N–H and O–H groups in total. The lowest BCUT2D eigenvalue weighted by atomic mass is 10.2. The van der Waals surface area contributed by atoms with Gasteiger partial charge >= 0.3 is 0 Å². The molecule has 0 radical (unpaired) electrons. The molecule has 0 aliphatic heterocycles. The van der Waals surface area contributed by atoms with E-state index in [0.29, 0.717) is 22.5 Å². The molecule has 2 aromatic carbocycles. The van der Waals surface area contributed by atoms with Crippen LogP contribution in [0.1, 0.15) is 31.2 Å². The van der Waals surface area contributed by atoms with Crippen molar-refractivity contribution in [2.75, 3.05) is 6.61 Å². The van der Waals surface area contributed by atoms with Crippen LogP contribution < -0.4 is 16.0 Å².